The third kappa shape index (κ3) is 3.42. The van der Waals surface area contributed by atoms with Gasteiger partial charge in [-0.2, -0.15) is 0 Å². The van der Waals surface area contributed by atoms with Crippen molar-refractivity contribution in [2.24, 2.45) is 17.3 Å². The van der Waals surface area contributed by atoms with E-state index in [1.165, 1.54) is 44.1 Å². The van der Waals surface area contributed by atoms with Crippen LogP contribution in [-0.4, -0.2) is 16.8 Å². The summed E-state index contributed by atoms with van der Waals surface area (Å²) in [7, 11) is 0. The van der Waals surface area contributed by atoms with Gasteiger partial charge in [-0.1, -0.05) is 44.4 Å². The number of rotatable bonds is 6. The van der Waals surface area contributed by atoms with Crippen molar-refractivity contribution in [1.82, 2.24) is 0 Å². The van der Waals surface area contributed by atoms with Crippen LogP contribution < -0.4 is 0 Å². The number of aliphatic hydroxyl groups excluding tert-OH is 2. The van der Waals surface area contributed by atoms with Crippen LogP contribution in [0.5, 0.6) is 0 Å². The average molecular weight is 290 g/mol. The molecule has 0 aromatic rings. The monoisotopic (exact) mass is 290 g/mol. The normalized spacial score (nSPS) is 33.8. The van der Waals surface area contributed by atoms with E-state index in [-0.39, 0.29) is 12.0 Å². The molecule has 2 aliphatic carbocycles. The maximum Gasteiger partial charge on any atom is 0.0894 e. The van der Waals surface area contributed by atoms with Gasteiger partial charge in [0.25, 0.3) is 0 Å². The van der Waals surface area contributed by atoms with E-state index in [9.17, 15) is 10.2 Å². The fourth-order valence-corrected chi connectivity index (χ4v) is 4.89. The molecular formula is C19H30O2. The zero-order valence-electron chi connectivity index (χ0n) is 13.4. The van der Waals surface area contributed by atoms with E-state index in [1.807, 2.05) is 12.2 Å². The number of aliphatic hydroxyl groups is 2. The van der Waals surface area contributed by atoms with Gasteiger partial charge in [-0.25, -0.2) is 0 Å². The molecule has 2 nitrogen and oxygen atoms in total. The molecule has 0 radical (unpaired) electrons. The first-order valence-electron chi connectivity index (χ1n) is 8.45. The molecular weight excluding hydrogens is 260 g/mol. The maximum absolute atomic E-state index is 9.78. The Morgan fingerprint density at radius 2 is 1.95 bits per heavy atom. The average Bonchev–Trinajstić information content (AvgIpc) is 2.43. The highest BCUT2D eigenvalue weighted by molar-refractivity contribution is 5.33. The van der Waals surface area contributed by atoms with Gasteiger partial charge in [0.1, 0.15) is 0 Å². The predicted octanol–water partition coefficient (Wildman–Crippen LogP) is 4.92. The number of hydrogen-bond acceptors (Lipinski definition) is 2. The molecule has 118 valence electrons. The highest BCUT2D eigenvalue weighted by Gasteiger charge is 2.48. The van der Waals surface area contributed by atoms with Crippen LogP contribution in [0.15, 0.2) is 36.1 Å². The minimum absolute atomic E-state index is 0.189. The van der Waals surface area contributed by atoms with Crippen LogP contribution in [0.3, 0.4) is 0 Å². The van der Waals surface area contributed by atoms with Crippen molar-refractivity contribution in [3.05, 3.63) is 36.1 Å². The Morgan fingerprint density at radius 3 is 2.48 bits per heavy atom. The molecule has 0 aliphatic heterocycles. The summed E-state index contributed by atoms with van der Waals surface area (Å²) in [6.07, 6.45) is 15.6. The lowest BCUT2D eigenvalue weighted by atomic mass is 9.51. The summed E-state index contributed by atoms with van der Waals surface area (Å²) in [6.45, 7) is 5.90. The second-order valence-electron chi connectivity index (χ2n) is 6.82. The molecule has 0 aromatic heterocycles. The van der Waals surface area contributed by atoms with Gasteiger partial charge in [0.05, 0.1) is 5.76 Å². The van der Waals surface area contributed by atoms with Gasteiger partial charge >= 0.3 is 0 Å². The van der Waals surface area contributed by atoms with Crippen LogP contribution in [0.1, 0.15) is 58.3 Å². The Hall–Kier alpha value is -1.02. The Labute approximate surface area is 129 Å². The van der Waals surface area contributed by atoms with Gasteiger partial charge in [0.2, 0.25) is 0 Å². The lowest BCUT2D eigenvalue weighted by Crippen LogP contribution is -2.44. The molecule has 1 unspecified atom stereocenters. The molecule has 0 aromatic carbocycles. The second kappa shape index (κ2) is 7.31. The van der Waals surface area contributed by atoms with Crippen molar-refractivity contribution in [2.75, 3.05) is 6.61 Å². The predicted molar refractivity (Wildman–Crippen MR) is 88.1 cm³/mol. The zero-order valence-corrected chi connectivity index (χ0v) is 13.4. The van der Waals surface area contributed by atoms with E-state index in [0.29, 0.717) is 11.7 Å². The van der Waals surface area contributed by atoms with Crippen molar-refractivity contribution in [3.8, 4) is 0 Å². The molecule has 2 rings (SSSR count). The lowest BCUT2D eigenvalue weighted by Gasteiger charge is -2.53. The smallest absolute Gasteiger partial charge is 0.0894 e. The van der Waals surface area contributed by atoms with Crippen LogP contribution >= 0.6 is 0 Å². The Balaban J connectivity index is 2.38. The first-order chi connectivity index (χ1) is 10.1. The van der Waals surface area contributed by atoms with E-state index in [4.69, 9.17) is 0 Å². The third-order valence-electron chi connectivity index (χ3n) is 5.58. The van der Waals surface area contributed by atoms with Gasteiger partial charge < -0.3 is 10.2 Å². The van der Waals surface area contributed by atoms with Crippen LogP contribution in [0.25, 0.3) is 0 Å². The van der Waals surface area contributed by atoms with Crippen molar-refractivity contribution >= 4 is 0 Å². The van der Waals surface area contributed by atoms with Crippen LogP contribution in [0, 0.1) is 17.3 Å². The summed E-state index contributed by atoms with van der Waals surface area (Å²) in [4.78, 5) is 0. The Morgan fingerprint density at radius 1 is 1.29 bits per heavy atom. The van der Waals surface area contributed by atoms with Crippen molar-refractivity contribution in [2.45, 2.75) is 58.3 Å². The molecule has 2 heteroatoms. The lowest BCUT2D eigenvalue weighted by molar-refractivity contribution is 0.0149. The third-order valence-corrected chi connectivity index (χ3v) is 5.58. The summed E-state index contributed by atoms with van der Waals surface area (Å²) in [5.41, 5.74) is 1.44. The van der Waals surface area contributed by atoms with Gasteiger partial charge in [-0.15, -0.1) is 0 Å². The fourth-order valence-electron chi connectivity index (χ4n) is 4.89. The van der Waals surface area contributed by atoms with Crippen molar-refractivity contribution in [3.63, 3.8) is 0 Å². The molecule has 0 spiro atoms. The van der Waals surface area contributed by atoms with E-state index in [0.717, 1.165) is 18.8 Å². The highest BCUT2D eigenvalue weighted by atomic mass is 16.3. The summed E-state index contributed by atoms with van der Waals surface area (Å²) >= 11 is 0. The summed E-state index contributed by atoms with van der Waals surface area (Å²) in [5, 5.41) is 19.0. The molecule has 2 fully saturated rings. The topological polar surface area (TPSA) is 40.5 Å². The molecule has 2 saturated carbocycles. The van der Waals surface area contributed by atoms with E-state index in [1.54, 1.807) is 6.92 Å². The summed E-state index contributed by atoms with van der Waals surface area (Å²) < 4.78 is 0. The quantitative estimate of drug-likeness (QED) is 0.538. The molecule has 0 heterocycles. The van der Waals surface area contributed by atoms with Gasteiger partial charge in [0.15, 0.2) is 0 Å². The Bertz CT molecular complexity index is 405. The molecule has 1 atom stereocenters. The first-order valence-corrected chi connectivity index (χ1v) is 8.45. The molecule has 0 saturated heterocycles. The molecule has 2 N–H and O–H groups in total. The van der Waals surface area contributed by atoms with E-state index < -0.39 is 0 Å². The molecule has 21 heavy (non-hydrogen) atoms. The largest absolute Gasteiger partial charge is 0.513 e. The zero-order chi connectivity index (χ0) is 15.3. The van der Waals surface area contributed by atoms with E-state index >= 15 is 0 Å². The van der Waals surface area contributed by atoms with Crippen LogP contribution in [-0.2, 0) is 0 Å². The van der Waals surface area contributed by atoms with Gasteiger partial charge in [-0.3, -0.25) is 0 Å². The molecule has 2 aliphatic rings. The highest BCUT2D eigenvalue weighted by Crippen LogP contribution is 2.58. The fraction of sp³-hybridized carbons (Fsp3) is 0.684. The van der Waals surface area contributed by atoms with E-state index in [2.05, 4.69) is 12.7 Å². The minimum Gasteiger partial charge on any atom is -0.513 e. The standard InChI is InChI=1S/C19H30O2/c1-3-7-17(14-15(2)21)19-11-4-8-16(9-5-12-19)18(19)10-6-13-20/h3,7,14,16,18,20-21H,1,4-6,8-13H2,2H3/b15-14+,17-7+/t16-,18?,19+. The first kappa shape index (κ1) is 16.4. The number of fused-ring (bicyclic) bond motifs is 2. The Kier molecular flexibility index (Phi) is 5.69. The van der Waals surface area contributed by atoms with Gasteiger partial charge in [-0.05, 0) is 61.5 Å². The van der Waals surface area contributed by atoms with Gasteiger partial charge in [0, 0.05) is 6.61 Å². The number of allylic oxidation sites excluding steroid dienone is 5. The number of hydrogen-bond donors (Lipinski definition) is 2. The minimum atomic E-state index is 0.189. The summed E-state index contributed by atoms with van der Waals surface area (Å²) in [6, 6.07) is 0. The summed E-state index contributed by atoms with van der Waals surface area (Å²) in [5.74, 6) is 1.82. The SMILES string of the molecule is C=C/C=C(\C=C(/C)O)[C@]12CCC[C@H](CCC1)C2CCCO. The molecule has 2 bridgehead atoms. The molecule has 0 amide bonds. The van der Waals surface area contributed by atoms with Crippen molar-refractivity contribution in [1.29, 1.82) is 0 Å². The second-order valence-corrected chi connectivity index (χ2v) is 6.82. The van der Waals surface area contributed by atoms with Crippen LogP contribution in [0.2, 0.25) is 0 Å². The van der Waals surface area contributed by atoms with Crippen molar-refractivity contribution < 1.29 is 10.2 Å². The van der Waals surface area contributed by atoms with Crippen LogP contribution in [0.4, 0.5) is 0 Å². The maximum atomic E-state index is 9.78.